The quantitative estimate of drug-likeness (QED) is 0.150. The van der Waals surface area contributed by atoms with Crippen LogP contribution in [0.4, 0.5) is 16.2 Å². The summed E-state index contributed by atoms with van der Waals surface area (Å²) in [5.74, 6) is -2.22. The van der Waals surface area contributed by atoms with Crippen LogP contribution in [0.3, 0.4) is 0 Å². The Kier molecular flexibility index (Phi) is 7.15. The summed E-state index contributed by atoms with van der Waals surface area (Å²) in [5.41, 5.74) is -0.709. The Labute approximate surface area is 220 Å². The fourth-order valence-electron chi connectivity index (χ4n) is 3.41. The molecule has 194 valence electrons. The number of methoxy groups -OCH3 is 1. The second kappa shape index (κ2) is 10.3. The molecule has 0 atom stereocenters. The van der Waals surface area contributed by atoms with Gasteiger partial charge in [-0.2, -0.15) is 8.42 Å². The maximum absolute atomic E-state index is 13.1. The number of barbiturate groups is 1. The van der Waals surface area contributed by atoms with Crippen molar-refractivity contribution in [2.24, 2.45) is 0 Å². The van der Waals surface area contributed by atoms with Crippen molar-refractivity contribution in [1.82, 2.24) is 5.32 Å². The lowest BCUT2D eigenvalue weighted by Crippen LogP contribution is -2.54. The van der Waals surface area contributed by atoms with Gasteiger partial charge in [-0.15, -0.1) is 0 Å². The lowest BCUT2D eigenvalue weighted by molar-refractivity contribution is -0.384. The van der Waals surface area contributed by atoms with Gasteiger partial charge in [0.25, 0.3) is 17.5 Å². The number of nitrogens with zero attached hydrogens (tertiary/aromatic N) is 2. The van der Waals surface area contributed by atoms with E-state index in [-0.39, 0.29) is 33.3 Å². The number of halogens is 1. The van der Waals surface area contributed by atoms with Crippen molar-refractivity contribution in [2.45, 2.75) is 4.90 Å². The first-order chi connectivity index (χ1) is 18.0. The molecule has 0 bridgehead atoms. The van der Waals surface area contributed by atoms with Crippen LogP contribution in [0, 0.1) is 10.1 Å². The Bertz CT molecular complexity index is 1620. The largest absolute Gasteiger partial charge is 0.493 e. The predicted molar refractivity (Wildman–Crippen MR) is 134 cm³/mol. The van der Waals surface area contributed by atoms with E-state index in [1.807, 2.05) is 5.32 Å². The maximum Gasteiger partial charge on any atom is 0.339 e. The monoisotopic (exact) mass is 557 g/mol. The van der Waals surface area contributed by atoms with Crippen LogP contribution in [0.5, 0.6) is 11.5 Å². The number of imide groups is 2. The van der Waals surface area contributed by atoms with Gasteiger partial charge in [0.05, 0.1) is 17.7 Å². The molecule has 4 amide bonds. The number of nitro groups is 1. The lowest BCUT2D eigenvalue weighted by Gasteiger charge is -2.26. The average molecular weight is 558 g/mol. The Balaban J connectivity index is 1.66. The second-order valence-electron chi connectivity index (χ2n) is 7.64. The third kappa shape index (κ3) is 5.33. The number of urea groups is 1. The minimum absolute atomic E-state index is 0.0350. The second-order valence-corrected chi connectivity index (χ2v) is 9.62. The molecule has 1 saturated heterocycles. The van der Waals surface area contributed by atoms with Gasteiger partial charge in [0.15, 0.2) is 11.5 Å². The van der Waals surface area contributed by atoms with Crippen molar-refractivity contribution in [3.05, 3.63) is 93.0 Å². The summed E-state index contributed by atoms with van der Waals surface area (Å²) < 4.78 is 35.7. The van der Waals surface area contributed by atoms with E-state index in [4.69, 9.17) is 20.5 Å². The first-order valence-electron chi connectivity index (χ1n) is 10.5. The van der Waals surface area contributed by atoms with E-state index in [2.05, 4.69) is 0 Å². The van der Waals surface area contributed by atoms with Gasteiger partial charge < -0.3 is 8.92 Å². The van der Waals surface area contributed by atoms with E-state index in [1.54, 1.807) is 0 Å². The molecule has 1 N–H and O–H groups in total. The van der Waals surface area contributed by atoms with Gasteiger partial charge in [-0.1, -0.05) is 23.7 Å². The number of non-ortho nitro benzene ring substituents is 1. The van der Waals surface area contributed by atoms with Gasteiger partial charge in [-0.05, 0) is 54.1 Å². The Hall–Kier alpha value is -4.75. The third-order valence-corrected chi connectivity index (χ3v) is 6.70. The molecular formula is C24H16ClN3O9S. The normalized spacial score (nSPS) is 14.8. The first kappa shape index (κ1) is 26.3. The van der Waals surface area contributed by atoms with E-state index in [0.717, 1.165) is 12.1 Å². The average Bonchev–Trinajstić information content (AvgIpc) is 2.87. The molecule has 0 aromatic heterocycles. The number of carbonyl (C=O) groups is 3. The molecule has 0 spiro atoms. The summed E-state index contributed by atoms with van der Waals surface area (Å²) >= 11 is 5.80. The summed E-state index contributed by atoms with van der Waals surface area (Å²) in [6.45, 7) is 0. The number of benzene rings is 3. The summed E-state index contributed by atoms with van der Waals surface area (Å²) in [6.07, 6.45) is 1.15. The topological polar surface area (TPSA) is 162 Å². The Morgan fingerprint density at radius 1 is 1.00 bits per heavy atom. The van der Waals surface area contributed by atoms with Crippen molar-refractivity contribution in [2.75, 3.05) is 12.0 Å². The van der Waals surface area contributed by atoms with Crippen LogP contribution < -0.4 is 19.1 Å². The van der Waals surface area contributed by atoms with Crippen molar-refractivity contribution < 1.29 is 36.6 Å². The number of hydrogen-bond donors (Lipinski definition) is 1. The number of amides is 4. The molecule has 1 aliphatic rings. The molecule has 0 radical (unpaired) electrons. The van der Waals surface area contributed by atoms with Crippen LogP contribution in [0.2, 0.25) is 5.02 Å². The molecule has 3 aromatic carbocycles. The third-order valence-electron chi connectivity index (χ3n) is 5.20. The minimum atomic E-state index is -4.24. The van der Waals surface area contributed by atoms with Crippen LogP contribution in [0.1, 0.15) is 5.56 Å². The van der Waals surface area contributed by atoms with Crippen molar-refractivity contribution >= 4 is 57.0 Å². The van der Waals surface area contributed by atoms with Crippen molar-refractivity contribution in [3.63, 3.8) is 0 Å². The molecule has 0 aliphatic carbocycles. The highest BCUT2D eigenvalue weighted by atomic mass is 35.5. The van der Waals surface area contributed by atoms with Gasteiger partial charge >= 0.3 is 16.1 Å². The number of nitro benzene ring substituents is 1. The van der Waals surface area contributed by atoms with Crippen molar-refractivity contribution in [3.8, 4) is 11.5 Å². The standard InChI is InChI=1S/C24H16ClN3O9S/c1-36-21-12-14(5-10-20(21)37-38(34,35)18-8-6-15(25)7-9-18)11-19-22(29)26-24(31)27(23(19)30)16-3-2-4-17(13-16)28(32)33/h2-13H,1H3,(H,26,29,31)/b19-11+. The van der Waals surface area contributed by atoms with Crippen molar-refractivity contribution in [1.29, 1.82) is 0 Å². The van der Waals surface area contributed by atoms with Crippen LogP contribution in [0.25, 0.3) is 6.08 Å². The van der Waals surface area contributed by atoms with E-state index in [9.17, 15) is 32.9 Å². The Morgan fingerprint density at radius 2 is 1.71 bits per heavy atom. The lowest BCUT2D eigenvalue weighted by atomic mass is 10.1. The molecule has 38 heavy (non-hydrogen) atoms. The molecular weight excluding hydrogens is 542 g/mol. The zero-order valence-corrected chi connectivity index (χ0v) is 20.9. The zero-order valence-electron chi connectivity index (χ0n) is 19.3. The molecule has 3 aromatic rings. The number of anilines is 1. The van der Waals surface area contributed by atoms with Gasteiger partial charge in [0.2, 0.25) is 0 Å². The van der Waals surface area contributed by atoms with Gasteiger partial charge in [0, 0.05) is 17.2 Å². The molecule has 1 fully saturated rings. The molecule has 1 aliphatic heterocycles. The fourth-order valence-corrected chi connectivity index (χ4v) is 4.48. The fraction of sp³-hybridized carbons (Fsp3) is 0.0417. The summed E-state index contributed by atoms with van der Waals surface area (Å²) in [6, 6.07) is 12.9. The highest BCUT2D eigenvalue weighted by Crippen LogP contribution is 2.32. The van der Waals surface area contributed by atoms with E-state index in [0.29, 0.717) is 9.92 Å². The highest BCUT2D eigenvalue weighted by molar-refractivity contribution is 7.87. The molecule has 1 heterocycles. The van der Waals surface area contributed by atoms with Crippen LogP contribution in [-0.4, -0.2) is 38.3 Å². The summed E-state index contributed by atoms with van der Waals surface area (Å²) in [5, 5.41) is 13.5. The predicted octanol–water partition coefficient (Wildman–Crippen LogP) is 3.69. The number of hydrogen-bond acceptors (Lipinski definition) is 9. The smallest absolute Gasteiger partial charge is 0.339 e. The molecule has 0 saturated carbocycles. The molecule has 0 unspecified atom stereocenters. The van der Waals surface area contributed by atoms with E-state index >= 15 is 0 Å². The summed E-state index contributed by atoms with van der Waals surface area (Å²) in [7, 11) is -2.98. The number of carbonyl (C=O) groups excluding carboxylic acids is 3. The minimum Gasteiger partial charge on any atom is -0.493 e. The van der Waals surface area contributed by atoms with Crippen LogP contribution >= 0.6 is 11.6 Å². The number of nitrogens with one attached hydrogen (secondary N) is 1. The van der Waals surface area contributed by atoms with E-state index in [1.165, 1.54) is 67.8 Å². The molecule has 14 heteroatoms. The number of rotatable bonds is 7. The zero-order chi connectivity index (χ0) is 27.6. The first-order valence-corrected chi connectivity index (χ1v) is 12.3. The maximum atomic E-state index is 13.1. The van der Waals surface area contributed by atoms with Gasteiger partial charge in [0.1, 0.15) is 10.5 Å². The van der Waals surface area contributed by atoms with Gasteiger partial charge in [-0.25, -0.2) is 9.69 Å². The van der Waals surface area contributed by atoms with Gasteiger partial charge in [-0.3, -0.25) is 25.0 Å². The molecule has 12 nitrogen and oxygen atoms in total. The van der Waals surface area contributed by atoms with Crippen LogP contribution in [0.15, 0.2) is 77.2 Å². The SMILES string of the molecule is COc1cc(/C=C2\C(=O)NC(=O)N(c3cccc([N+](=O)[O-])c3)C2=O)ccc1OS(=O)(=O)c1ccc(Cl)cc1. The summed E-state index contributed by atoms with van der Waals surface area (Å²) in [4.78, 5) is 48.8. The molecule has 4 rings (SSSR count). The Morgan fingerprint density at radius 3 is 2.37 bits per heavy atom. The van der Waals surface area contributed by atoms with Crippen LogP contribution in [-0.2, 0) is 19.7 Å². The number of ether oxygens (including phenoxy) is 1. The highest BCUT2D eigenvalue weighted by Gasteiger charge is 2.37. The van der Waals surface area contributed by atoms with E-state index < -0.39 is 38.5 Å².